The van der Waals surface area contributed by atoms with Crippen LogP contribution in [0.15, 0.2) is 30.3 Å². The quantitative estimate of drug-likeness (QED) is 0.286. The lowest BCUT2D eigenvalue weighted by Gasteiger charge is -2.30. The monoisotopic (exact) mass is 367 g/mol. The van der Waals surface area contributed by atoms with Crippen LogP contribution < -0.4 is 0 Å². The standard InChI is InChI=1S/C23H41N.ClH/c1-4-7-8-9-10-11-12-13-14-18-21-23(24(5-2)6-3)22-19-16-15-17-20-22;/h15-17,19-20,23H,4-14,18,21H2,1-3H3;1H. The van der Waals surface area contributed by atoms with Crippen LogP contribution in [-0.2, 0) is 0 Å². The van der Waals surface area contributed by atoms with Crippen LogP contribution in [0.5, 0.6) is 0 Å². The van der Waals surface area contributed by atoms with E-state index in [-0.39, 0.29) is 12.4 Å². The lowest BCUT2D eigenvalue weighted by molar-refractivity contribution is 0.204. The van der Waals surface area contributed by atoms with Crippen molar-refractivity contribution in [3.8, 4) is 0 Å². The van der Waals surface area contributed by atoms with E-state index in [1.807, 2.05) is 0 Å². The van der Waals surface area contributed by atoms with Crippen LogP contribution in [0.3, 0.4) is 0 Å². The van der Waals surface area contributed by atoms with Gasteiger partial charge in [0.15, 0.2) is 0 Å². The molecule has 0 bridgehead atoms. The predicted molar refractivity (Wildman–Crippen MR) is 116 cm³/mol. The summed E-state index contributed by atoms with van der Waals surface area (Å²) >= 11 is 0. The minimum Gasteiger partial charge on any atom is -0.297 e. The van der Waals surface area contributed by atoms with Gasteiger partial charge in [-0.05, 0) is 25.1 Å². The van der Waals surface area contributed by atoms with Crippen molar-refractivity contribution in [1.29, 1.82) is 0 Å². The molecule has 25 heavy (non-hydrogen) atoms. The smallest absolute Gasteiger partial charge is 0.0347 e. The van der Waals surface area contributed by atoms with Crippen molar-refractivity contribution in [1.82, 2.24) is 4.90 Å². The molecule has 2 heteroatoms. The number of nitrogens with zero attached hydrogens (tertiary/aromatic N) is 1. The van der Waals surface area contributed by atoms with E-state index in [1.54, 1.807) is 0 Å². The summed E-state index contributed by atoms with van der Waals surface area (Å²) in [5, 5.41) is 0. The zero-order valence-electron chi connectivity index (χ0n) is 17.0. The average molecular weight is 368 g/mol. The Labute approximate surface area is 164 Å². The largest absolute Gasteiger partial charge is 0.297 e. The topological polar surface area (TPSA) is 3.24 Å². The number of rotatable bonds is 15. The lowest BCUT2D eigenvalue weighted by atomic mass is 9.98. The summed E-state index contributed by atoms with van der Waals surface area (Å²) in [6.07, 6.45) is 15.5. The molecule has 1 atom stereocenters. The first-order chi connectivity index (χ1) is 11.8. The average Bonchev–Trinajstić information content (AvgIpc) is 2.63. The molecule has 0 N–H and O–H groups in total. The molecule has 0 aliphatic carbocycles. The summed E-state index contributed by atoms with van der Waals surface area (Å²) in [6, 6.07) is 11.7. The van der Waals surface area contributed by atoms with Gasteiger partial charge in [-0.25, -0.2) is 0 Å². The molecule has 1 nitrogen and oxygen atoms in total. The van der Waals surface area contributed by atoms with E-state index in [1.165, 1.54) is 76.2 Å². The maximum Gasteiger partial charge on any atom is 0.0347 e. The van der Waals surface area contributed by atoms with Gasteiger partial charge < -0.3 is 0 Å². The summed E-state index contributed by atoms with van der Waals surface area (Å²) in [7, 11) is 0. The molecule has 1 aromatic rings. The molecule has 0 spiro atoms. The van der Waals surface area contributed by atoms with Crippen molar-refractivity contribution in [3.05, 3.63) is 35.9 Å². The van der Waals surface area contributed by atoms with Gasteiger partial charge in [-0.15, -0.1) is 12.4 Å². The summed E-state index contributed by atoms with van der Waals surface area (Å²) in [5.41, 5.74) is 1.50. The van der Waals surface area contributed by atoms with Crippen LogP contribution in [0.2, 0.25) is 0 Å². The number of hydrogen-bond donors (Lipinski definition) is 0. The first kappa shape index (κ1) is 24.5. The second-order valence-corrected chi connectivity index (χ2v) is 7.12. The number of halogens is 1. The molecule has 0 radical (unpaired) electrons. The second kappa shape index (κ2) is 16.9. The van der Waals surface area contributed by atoms with Gasteiger partial charge in [0.2, 0.25) is 0 Å². The predicted octanol–water partition coefficient (Wildman–Crippen LogP) is 7.80. The van der Waals surface area contributed by atoms with Gasteiger partial charge in [0.25, 0.3) is 0 Å². The number of benzene rings is 1. The molecule has 0 saturated carbocycles. The van der Waals surface area contributed by atoms with E-state index in [0.29, 0.717) is 6.04 Å². The highest BCUT2D eigenvalue weighted by Gasteiger charge is 2.16. The van der Waals surface area contributed by atoms with Gasteiger partial charge >= 0.3 is 0 Å². The summed E-state index contributed by atoms with van der Waals surface area (Å²) < 4.78 is 0. The van der Waals surface area contributed by atoms with Crippen LogP contribution in [0.4, 0.5) is 0 Å². The summed E-state index contributed by atoms with van der Waals surface area (Å²) in [5.74, 6) is 0. The van der Waals surface area contributed by atoms with Crippen LogP contribution in [-0.4, -0.2) is 18.0 Å². The Bertz CT molecular complexity index is 375. The summed E-state index contributed by atoms with van der Waals surface area (Å²) in [4.78, 5) is 2.61. The first-order valence-corrected chi connectivity index (χ1v) is 10.6. The molecule has 0 saturated heterocycles. The Morgan fingerprint density at radius 1 is 0.680 bits per heavy atom. The zero-order chi connectivity index (χ0) is 17.5. The molecule has 0 heterocycles. The Morgan fingerprint density at radius 2 is 1.16 bits per heavy atom. The van der Waals surface area contributed by atoms with Crippen molar-refractivity contribution in [2.24, 2.45) is 0 Å². The Morgan fingerprint density at radius 3 is 1.64 bits per heavy atom. The zero-order valence-corrected chi connectivity index (χ0v) is 17.8. The molecule has 0 aliphatic heterocycles. The Hall–Kier alpha value is -0.530. The molecule has 0 aromatic heterocycles. The Kier molecular flexibility index (Phi) is 16.6. The maximum absolute atomic E-state index is 2.61. The van der Waals surface area contributed by atoms with Crippen molar-refractivity contribution in [3.63, 3.8) is 0 Å². The first-order valence-electron chi connectivity index (χ1n) is 10.6. The van der Waals surface area contributed by atoms with Gasteiger partial charge in [-0.2, -0.15) is 0 Å². The minimum absolute atomic E-state index is 0. The van der Waals surface area contributed by atoms with E-state index >= 15 is 0 Å². The van der Waals surface area contributed by atoms with E-state index in [2.05, 4.69) is 56.0 Å². The van der Waals surface area contributed by atoms with E-state index in [0.717, 1.165) is 13.1 Å². The molecule has 0 aliphatic rings. The third-order valence-electron chi connectivity index (χ3n) is 5.27. The molecule has 1 unspecified atom stereocenters. The van der Waals surface area contributed by atoms with E-state index in [4.69, 9.17) is 0 Å². The Balaban J connectivity index is 0.00000576. The molecule has 1 rings (SSSR count). The second-order valence-electron chi connectivity index (χ2n) is 7.12. The highest BCUT2D eigenvalue weighted by atomic mass is 35.5. The fraction of sp³-hybridized carbons (Fsp3) is 0.739. The molecular formula is C23H42ClN. The van der Waals surface area contributed by atoms with Crippen molar-refractivity contribution >= 4 is 12.4 Å². The summed E-state index contributed by atoms with van der Waals surface area (Å²) in [6.45, 7) is 9.17. The van der Waals surface area contributed by atoms with E-state index in [9.17, 15) is 0 Å². The van der Waals surface area contributed by atoms with Gasteiger partial charge in [0, 0.05) is 6.04 Å². The van der Waals surface area contributed by atoms with Gasteiger partial charge in [0.05, 0.1) is 0 Å². The number of hydrogen-bond acceptors (Lipinski definition) is 1. The van der Waals surface area contributed by atoms with Gasteiger partial charge in [-0.1, -0.05) is 115 Å². The fourth-order valence-electron chi connectivity index (χ4n) is 3.72. The molecule has 1 aromatic carbocycles. The highest BCUT2D eigenvalue weighted by molar-refractivity contribution is 5.85. The van der Waals surface area contributed by atoms with Gasteiger partial charge in [-0.3, -0.25) is 4.90 Å². The SMILES string of the molecule is CCCCCCCCCCCCC(c1ccccc1)N(CC)CC.Cl. The van der Waals surface area contributed by atoms with Gasteiger partial charge in [0.1, 0.15) is 0 Å². The van der Waals surface area contributed by atoms with Crippen molar-refractivity contribution in [2.75, 3.05) is 13.1 Å². The minimum atomic E-state index is 0. The van der Waals surface area contributed by atoms with Crippen LogP contribution in [0.1, 0.15) is 103 Å². The lowest BCUT2D eigenvalue weighted by Crippen LogP contribution is -2.28. The highest BCUT2D eigenvalue weighted by Crippen LogP contribution is 2.26. The van der Waals surface area contributed by atoms with Crippen LogP contribution in [0.25, 0.3) is 0 Å². The van der Waals surface area contributed by atoms with Crippen LogP contribution in [0, 0.1) is 0 Å². The van der Waals surface area contributed by atoms with E-state index < -0.39 is 0 Å². The van der Waals surface area contributed by atoms with Crippen molar-refractivity contribution < 1.29 is 0 Å². The maximum atomic E-state index is 2.61. The number of unbranched alkanes of at least 4 members (excludes halogenated alkanes) is 9. The third-order valence-corrected chi connectivity index (χ3v) is 5.27. The molecule has 0 amide bonds. The van der Waals surface area contributed by atoms with Crippen LogP contribution >= 0.6 is 12.4 Å². The molecular weight excluding hydrogens is 326 g/mol. The van der Waals surface area contributed by atoms with Crippen molar-refractivity contribution in [2.45, 2.75) is 97.4 Å². The normalized spacial score (nSPS) is 12.2. The fourth-order valence-corrected chi connectivity index (χ4v) is 3.72. The molecule has 146 valence electrons. The third kappa shape index (κ3) is 10.9. The molecule has 0 fully saturated rings.